The minimum atomic E-state index is -0.114. The van der Waals surface area contributed by atoms with Gasteiger partial charge in [-0.05, 0) is 40.0 Å². The lowest BCUT2D eigenvalue weighted by molar-refractivity contribution is -0.126. The van der Waals surface area contributed by atoms with E-state index >= 15 is 0 Å². The minimum absolute atomic E-state index is 0.112. The molecule has 0 aromatic heterocycles. The zero-order valence-electron chi connectivity index (χ0n) is 9.34. The van der Waals surface area contributed by atoms with Crippen molar-refractivity contribution in [3.05, 3.63) is 0 Å². The van der Waals surface area contributed by atoms with Crippen LogP contribution in [0, 0.1) is 0 Å². The summed E-state index contributed by atoms with van der Waals surface area (Å²) in [6.45, 7) is 3.84. The average molecular weight is 202 g/mol. The SMILES string of the molecule is CCC(C(=O)NN)N(C)CCCNC. The van der Waals surface area contributed by atoms with E-state index in [1.165, 1.54) is 0 Å². The summed E-state index contributed by atoms with van der Waals surface area (Å²) < 4.78 is 0. The normalized spacial score (nSPS) is 12.9. The van der Waals surface area contributed by atoms with Crippen molar-refractivity contribution in [1.82, 2.24) is 15.6 Å². The molecule has 14 heavy (non-hydrogen) atoms. The quantitative estimate of drug-likeness (QED) is 0.221. The molecule has 0 aliphatic rings. The van der Waals surface area contributed by atoms with Gasteiger partial charge in [0.25, 0.3) is 5.91 Å². The highest BCUT2D eigenvalue weighted by molar-refractivity contribution is 5.80. The van der Waals surface area contributed by atoms with Crippen molar-refractivity contribution in [2.24, 2.45) is 5.84 Å². The fraction of sp³-hybridized carbons (Fsp3) is 0.889. The van der Waals surface area contributed by atoms with E-state index < -0.39 is 0 Å². The number of carbonyl (C=O) groups is 1. The van der Waals surface area contributed by atoms with E-state index in [4.69, 9.17) is 5.84 Å². The third-order valence-corrected chi connectivity index (χ3v) is 2.30. The van der Waals surface area contributed by atoms with Crippen LogP contribution in [0.1, 0.15) is 19.8 Å². The second-order valence-corrected chi connectivity index (χ2v) is 3.37. The van der Waals surface area contributed by atoms with Gasteiger partial charge in [0.2, 0.25) is 0 Å². The van der Waals surface area contributed by atoms with Crippen LogP contribution in [0.3, 0.4) is 0 Å². The fourth-order valence-electron chi connectivity index (χ4n) is 1.45. The summed E-state index contributed by atoms with van der Waals surface area (Å²) in [5.41, 5.74) is 2.19. The second kappa shape index (κ2) is 7.73. The molecule has 0 bridgehead atoms. The third-order valence-electron chi connectivity index (χ3n) is 2.30. The van der Waals surface area contributed by atoms with Crippen LogP contribution < -0.4 is 16.6 Å². The maximum atomic E-state index is 11.3. The first-order chi connectivity index (χ1) is 6.67. The van der Waals surface area contributed by atoms with Crippen LogP contribution in [-0.4, -0.2) is 44.0 Å². The molecule has 0 aromatic carbocycles. The second-order valence-electron chi connectivity index (χ2n) is 3.37. The molecular formula is C9H22N4O. The van der Waals surface area contributed by atoms with E-state index in [1.54, 1.807) is 0 Å². The zero-order chi connectivity index (χ0) is 11.0. The molecule has 1 atom stereocenters. The van der Waals surface area contributed by atoms with Gasteiger partial charge in [-0.15, -0.1) is 0 Å². The lowest BCUT2D eigenvalue weighted by Crippen LogP contribution is -2.47. The highest BCUT2D eigenvalue weighted by Gasteiger charge is 2.19. The van der Waals surface area contributed by atoms with Crippen LogP contribution in [0.2, 0.25) is 0 Å². The number of carbonyl (C=O) groups excluding carboxylic acids is 1. The average Bonchev–Trinajstić information content (AvgIpc) is 2.19. The van der Waals surface area contributed by atoms with Gasteiger partial charge in [0, 0.05) is 0 Å². The zero-order valence-corrected chi connectivity index (χ0v) is 9.34. The molecule has 4 N–H and O–H groups in total. The number of nitrogens with two attached hydrogens (primary N) is 1. The molecular weight excluding hydrogens is 180 g/mol. The Bertz CT molecular complexity index is 163. The van der Waals surface area contributed by atoms with Crippen LogP contribution in [0.15, 0.2) is 0 Å². The Labute approximate surface area is 86.0 Å². The number of amides is 1. The van der Waals surface area contributed by atoms with E-state index in [0.29, 0.717) is 0 Å². The molecule has 0 aliphatic carbocycles. The van der Waals surface area contributed by atoms with Crippen LogP contribution >= 0.6 is 0 Å². The van der Waals surface area contributed by atoms with Crippen LogP contribution in [0.5, 0.6) is 0 Å². The molecule has 0 saturated heterocycles. The summed E-state index contributed by atoms with van der Waals surface area (Å²) >= 11 is 0. The molecule has 0 aromatic rings. The van der Waals surface area contributed by atoms with E-state index in [1.807, 2.05) is 25.9 Å². The molecule has 5 heteroatoms. The van der Waals surface area contributed by atoms with Crippen LogP contribution in [-0.2, 0) is 4.79 Å². The van der Waals surface area contributed by atoms with Gasteiger partial charge < -0.3 is 5.32 Å². The number of hydrogen-bond acceptors (Lipinski definition) is 4. The fourth-order valence-corrected chi connectivity index (χ4v) is 1.45. The van der Waals surface area contributed by atoms with Gasteiger partial charge in [-0.3, -0.25) is 15.1 Å². The van der Waals surface area contributed by atoms with E-state index in [2.05, 4.69) is 10.7 Å². The summed E-state index contributed by atoms with van der Waals surface area (Å²) in [7, 11) is 3.86. The van der Waals surface area contributed by atoms with Crippen molar-refractivity contribution >= 4 is 5.91 Å². The number of nitrogens with zero attached hydrogens (tertiary/aromatic N) is 1. The Morgan fingerprint density at radius 3 is 2.64 bits per heavy atom. The number of hydrazine groups is 1. The van der Waals surface area contributed by atoms with Crippen LogP contribution in [0.25, 0.3) is 0 Å². The minimum Gasteiger partial charge on any atom is -0.320 e. The van der Waals surface area contributed by atoms with Crippen molar-refractivity contribution < 1.29 is 4.79 Å². The van der Waals surface area contributed by atoms with Gasteiger partial charge in [0.05, 0.1) is 6.04 Å². The van der Waals surface area contributed by atoms with Crippen LogP contribution in [0.4, 0.5) is 0 Å². The van der Waals surface area contributed by atoms with Gasteiger partial charge in [-0.1, -0.05) is 6.92 Å². The van der Waals surface area contributed by atoms with Gasteiger partial charge in [0.15, 0.2) is 0 Å². The summed E-state index contributed by atoms with van der Waals surface area (Å²) in [6, 6.07) is -0.114. The summed E-state index contributed by atoms with van der Waals surface area (Å²) in [5.74, 6) is 4.99. The van der Waals surface area contributed by atoms with E-state index in [0.717, 1.165) is 25.9 Å². The Morgan fingerprint density at radius 1 is 1.57 bits per heavy atom. The molecule has 1 amide bonds. The first-order valence-electron chi connectivity index (χ1n) is 5.02. The van der Waals surface area contributed by atoms with Crippen molar-refractivity contribution in [1.29, 1.82) is 0 Å². The number of nitrogens with one attached hydrogen (secondary N) is 2. The van der Waals surface area contributed by atoms with Gasteiger partial charge >= 0.3 is 0 Å². The van der Waals surface area contributed by atoms with Crippen molar-refractivity contribution in [2.75, 3.05) is 27.2 Å². The summed E-state index contributed by atoms with van der Waals surface area (Å²) in [5, 5.41) is 3.07. The number of hydrogen-bond donors (Lipinski definition) is 3. The topological polar surface area (TPSA) is 70.4 Å². The summed E-state index contributed by atoms with van der Waals surface area (Å²) in [6.07, 6.45) is 1.81. The predicted molar refractivity (Wildman–Crippen MR) is 57.6 cm³/mol. The first-order valence-corrected chi connectivity index (χ1v) is 5.02. The molecule has 0 spiro atoms. The lowest BCUT2D eigenvalue weighted by Gasteiger charge is -2.25. The molecule has 5 nitrogen and oxygen atoms in total. The highest BCUT2D eigenvalue weighted by Crippen LogP contribution is 2.01. The Kier molecular flexibility index (Phi) is 7.37. The molecule has 84 valence electrons. The molecule has 0 heterocycles. The predicted octanol–water partition coefficient (Wildman–Crippen LogP) is -0.704. The van der Waals surface area contributed by atoms with Crippen molar-refractivity contribution in [3.63, 3.8) is 0 Å². The van der Waals surface area contributed by atoms with Crippen molar-refractivity contribution in [3.8, 4) is 0 Å². The van der Waals surface area contributed by atoms with Crippen molar-refractivity contribution in [2.45, 2.75) is 25.8 Å². The van der Waals surface area contributed by atoms with E-state index in [-0.39, 0.29) is 11.9 Å². The largest absolute Gasteiger partial charge is 0.320 e. The maximum Gasteiger partial charge on any atom is 0.251 e. The summed E-state index contributed by atoms with van der Waals surface area (Å²) in [4.78, 5) is 13.4. The molecule has 0 radical (unpaired) electrons. The number of rotatable bonds is 7. The molecule has 1 unspecified atom stereocenters. The number of likely N-dealkylation sites (N-methyl/N-ethyl adjacent to an activating group) is 1. The van der Waals surface area contributed by atoms with Gasteiger partial charge in [-0.25, -0.2) is 5.84 Å². The lowest BCUT2D eigenvalue weighted by atomic mass is 10.2. The Morgan fingerprint density at radius 2 is 2.21 bits per heavy atom. The Balaban J connectivity index is 3.91. The molecule has 0 fully saturated rings. The Hall–Kier alpha value is -0.650. The molecule has 0 aliphatic heterocycles. The highest BCUT2D eigenvalue weighted by atomic mass is 16.2. The third kappa shape index (κ3) is 4.55. The molecule has 0 saturated carbocycles. The van der Waals surface area contributed by atoms with E-state index in [9.17, 15) is 4.79 Å². The maximum absolute atomic E-state index is 11.3. The van der Waals surface area contributed by atoms with Gasteiger partial charge in [0.1, 0.15) is 0 Å². The standard InChI is InChI=1S/C9H22N4O/c1-4-8(9(14)12-10)13(3)7-5-6-11-2/h8,11H,4-7,10H2,1-3H3,(H,12,14). The van der Waals surface area contributed by atoms with Gasteiger partial charge in [-0.2, -0.15) is 0 Å². The monoisotopic (exact) mass is 202 g/mol. The smallest absolute Gasteiger partial charge is 0.251 e. The molecule has 0 rings (SSSR count). The first kappa shape index (κ1) is 13.4.